The van der Waals surface area contributed by atoms with Gasteiger partial charge in [-0.2, -0.15) is 4.31 Å². The molecule has 1 aromatic carbocycles. The van der Waals surface area contributed by atoms with Crippen LogP contribution in [0.1, 0.15) is 67.8 Å². The first-order valence-corrected chi connectivity index (χ1v) is 12.3. The predicted molar refractivity (Wildman–Crippen MR) is 114 cm³/mol. The van der Waals surface area contributed by atoms with E-state index in [1.54, 1.807) is 13.0 Å². The molecule has 0 spiro atoms. The van der Waals surface area contributed by atoms with Crippen molar-refractivity contribution < 1.29 is 22.7 Å². The molecule has 0 unspecified atom stereocenters. The molecule has 0 aromatic heterocycles. The van der Waals surface area contributed by atoms with Gasteiger partial charge in [0.15, 0.2) is 6.61 Å². The fourth-order valence-electron chi connectivity index (χ4n) is 4.22. The lowest BCUT2D eigenvalue weighted by Crippen LogP contribution is -2.42. The summed E-state index contributed by atoms with van der Waals surface area (Å²) in [6, 6.07) is 4.61. The zero-order valence-corrected chi connectivity index (χ0v) is 18.7. The third-order valence-corrected chi connectivity index (χ3v) is 8.07. The van der Waals surface area contributed by atoms with Crippen LogP contribution in [0.2, 0.25) is 0 Å². The molecule has 8 heteroatoms. The van der Waals surface area contributed by atoms with Gasteiger partial charge in [0.1, 0.15) is 0 Å². The van der Waals surface area contributed by atoms with Gasteiger partial charge < -0.3 is 10.1 Å². The molecule has 7 nitrogen and oxygen atoms in total. The standard InChI is InChI=1S/C22H32N2O5S/c1-16-10-11-18(30(27,28)24-12-6-3-7-13-24)14-19(16)22(26)29-15-21(25)23-20-9-5-4-8-17(20)2/h10-11,14,17,20H,3-9,12-13,15H2,1-2H3,(H,23,25)/t17-,20+/m1/s1. The molecule has 166 valence electrons. The summed E-state index contributed by atoms with van der Waals surface area (Å²) >= 11 is 0. The number of ether oxygens (including phenoxy) is 1. The lowest BCUT2D eigenvalue weighted by Gasteiger charge is -2.29. The van der Waals surface area contributed by atoms with Crippen molar-refractivity contribution in [2.24, 2.45) is 5.92 Å². The average Bonchev–Trinajstić information content (AvgIpc) is 2.74. The Bertz CT molecular complexity index is 878. The second-order valence-corrected chi connectivity index (χ2v) is 10.4. The van der Waals surface area contributed by atoms with Crippen molar-refractivity contribution in [1.29, 1.82) is 0 Å². The Balaban J connectivity index is 1.64. The molecule has 1 amide bonds. The van der Waals surface area contributed by atoms with E-state index in [9.17, 15) is 18.0 Å². The molecule has 2 fully saturated rings. The SMILES string of the molecule is Cc1ccc(S(=O)(=O)N2CCCCC2)cc1C(=O)OCC(=O)N[C@H]1CCCC[C@H]1C. The summed E-state index contributed by atoms with van der Waals surface area (Å²) < 4.78 is 32.5. The van der Waals surface area contributed by atoms with Crippen LogP contribution in [0.3, 0.4) is 0 Å². The van der Waals surface area contributed by atoms with Crippen molar-refractivity contribution in [1.82, 2.24) is 9.62 Å². The van der Waals surface area contributed by atoms with Gasteiger partial charge in [0.05, 0.1) is 10.5 Å². The maximum absolute atomic E-state index is 12.9. The number of piperidine rings is 1. The number of aryl methyl sites for hydroxylation is 1. The molecular formula is C22H32N2O5S. The maximum atomic E-state index is 12.9. The Hall–Kier alpha value is -1.93. The molecule has 1 aromatic rings. The van der Waals surface area contributed by atoms with E-state index in [4.69, 9.17) is 4.74 Å². The molecule has 0 radical (unpaired) electrons. The lowest BCUT2D eigenvalue weighted by atomic mass is 9.86. The molecule has 1 heterocycles. The van der Waals surface area contributed by atoms with Gasteiger partial charge in [-0.15, -0.1) is 0 Å². The Morgan fingerprint density at radius 3 is 2.50 bits per heavy atom. The van der Waals surface area contributed by atoms with Gasteiger partial charge in [0, 0.05) is 19.1 Å². The highest BCUT2D eigenvalue weighted by Gasteiger charge is 2.28. The number of hydrogen-bond donors (Lipinski definition) is 1. The van der Waals surface area contributed by atoms with Crippen LogP contribution in [0.25, 0.3) is 0 Å². The van der Waals surface area contributed by atoms with Crippen molar-refractivity contribution in [3.05, 3.63) is 29.3 Å². The molecular weight excluding hydrogens is 404 g/mol. The summed E-state index contributed by atoms with van der Waals surface area (Å²) in [6.45, 7) is 4.46. The molecule has 1 saturated heterocycles. The van der Waals surface area contributed by atoms with E-state index >= 15 is 0 Å². The second-order valence-electron chi connectivity index (χ2n) is 8.45. The number of rotatable bonds is 6. The Morgan fingerprint density at radius 1 is 1.10 bits per heavy atom. The maximum Gasteiger partial charge on any atom is 0.338 e. The minimum atomic E-state index is -3.65. The van der Waals surface area contributed by atoms with E-state index < -0.39 is 16.0 Å². The topological polar surface area (TPSA) is 92.8 Å². The Kier molecular flexibility index (Phi) is 7.52. The number of benzene rings is 1. The van der Waals surface area contributed by atoms with Gasteiger partial charge in [-0.05, 0) is 56.2 Å². The third kappa shape index (κ3) is 5.40. The van der Waals surface area contributed by atoms with Gasteiger partial charge >= 0.3 is 5.97 Å². The summed E-state index contributed by atoms with van der Waals surface area (Å²) in [5.41, 5.74) is 0.783. The molecule has 1 aliphatic heterocycles. The zero-order valence-electron chi connectivity index (χ0n) is 17.9. The average molecular weight is 437 g/mol. The first-order chi connectivity index (χ1) is 14.3. The van der Waals surface area contributed by atoms with Crippen molar-refractivity contribution in [3.63, 3.8) is 0 Å². The minimum Gasteiger partial charge on any atom is -0.452 e. The molecule has 1 saturated carbocycles. The normalized spacial score (nSPS) is 23.0. The monoisotopic (exact) mass is 436 g/mol. The van der Waals surface area contributed by atoms with E-state index in [1.807, 2.05) is 0 Å². The number of carbonyl (C=O) groups is 2. The number of hydrogen-bond acceptors (Lipinski definition) is 5. The van der Waals surface area contributed by atoms with Crippen molar-refractivity contribution in [3.8, 4) is 0 Å². The quantitative estimate of drug-likeness (QED) is 0.692. The number of amides is 1. The van der Waals surface area contributed by atoms with Crippen LogP contribution in [0.5, 0.6) is 0 Å². The number of esters is 1. The Labute approximate surface area is 179 Å². The van der Waals surface area contributed by atoms with Crippen LogP contribution >= 0.6 is 0 Å². The number of sulfonamides is 1. The molecule has 2 aliphatic rings. The van der Waals surface area contributed by atoms with Gasteiger partial charge in [-0.1, -0.05) is 32.3 Å². The van der Waals surface area contributed by atoms with Gasteiger partial charge in [-0.25, -0.2) is 13.2 Å². The second kappa shape index (κ2) is 9.92. The van der Waals surface area contributed by atoms with Gasteiger partial charge in [0.2, 0.25) is 10.0 Å². The van der Waals surface area contributed by atoms with E-state index in [-0.39, 0.29) is 29.0 Å². The van der Waals surface area contributed by atoms with Crippen LogP contribution < -0.4 is 5.32 Å². The first kappa shape index (κ1) is 22.7. The molecule has 1 aliphatic carbocycles. The summed E-state index contributed by atoms with van der Waals surface area (Å²) in [5, 5.41) is 2.95. The third-order valence-electron chi connectivity index (χ3n) is 6.17. The number of nitrogens with zero attached hydrogens (tertiary/aromatic N) is 1. The van der Waals surface area contributed by atoms with Crippen LogP contribution in [-0.4, -0.2) is 50.3 Å². The fourth-order valence-corrected chi connectivity index (χ4v) is 5.77. The van der Waals surface area contributed by atoms with E-state index in [2.05, 4.69) is 12.2 Å². The smallest absolute Gasteiger partial charge is 0.338 e. The number of carbonyl (C=O) groups excluding carboxylic acids is 2. The Morgan fingerprint density at radius 2 is 1.80 bits per heavy atom. The lowest BCUT2D eigenvalue weighted by molar-refractivity contribution is -0.125. The van der Waals surface area contributed by atoms with E-state index in [0.29, 0.717) is 24.6 Å². The van der Waals surface area contributed by atoms with Crippen molar-refractivity contribution in [2.45, 2.75) is 69.7 Å². The van der Waals surface area contributed by atoms with Gasteiger partial charge in [0.25, 0.3) is 5.91 Å². The summed E-state index contributed by atoms with van der Waals surface area (Å²) in [6.07, 6.45) is 7.01. The predicted octanol–water partition coefficient (Wildman–Crippen LogP) is 3.02. The van der Waals surface area contributed by atoms with Crippen LogP contribution in [0.15, 0.2) is 23.1 Å². The highest BCUT2D eigenvalue weighted by atomic mass is 32.2. The van der Waals surface area contributed by atoms with Crippen molar-refractivity contribution >= 4 is 21.9 Å². The number of nitrogens with one attached hydrogen (secondary N) is 1. The largest absolute Gasteiger partial charge is 0.452 e. The van der Waals surface area contributed by atoms with E-state index in [0.717, 1.165) is 38.5 Å². The molecule has 0 bridgehead atoms. The van der Waals surface area contributed by atoms with Crippen LogP contribution in [0.4, 0.5) is 0 Å². The summed E-state index contributed by atoms with van der Waals surface area (Å²) in [5.74, 6) is -0.593. The zero-order chi connectivity index (χ0) is 21.7. The van der Waals surface area contributed by atoms with Crippen molar-refractivity contribution in [2.75, 3.05) is 19.7 Å². The van der Waals surface area contributed by atoms with Crippen LogP contribution in [-0.2, 0) is 19.6 Å². The molecule has 2 atom stereocenters. The first-order valence-electron chi connectivity index (χ1n) is 10.9. The highest BCUT2D eigenvalue weighted by molar-refractivity contribution is 7.89. The summed E-state index contributed by atoms with van der Waals surface area (Å²) in [7, 11) is -3.65. The van der Waals surface area contributed by atoms with E-state index in [1.165, 1.54) is 22.9 Å². The summed E-state index contributed by atoms with van der Waals surface area (Å²) in [4.78, 5) is 24.9. The molecule has 1 N–H and O–H groups in total. The van der Waals surface area contributed by atoms with Crippen LogP contribution in [0, 0.1) is 12.8 Å². The minimum absolute atomic E-state index is 0.0856. The molecule has 30 heavy (non-hydrogen) atoms. The fraction of sp³-hybridized carbons (Fsp3) is 0.636. The highest BCUT2D eigenvalue weighted by Crippen LogP contribution is 2.24. The molecule has 3 rings (SSSR count). The van der Waals surface area contributed by atoms with Gasteiger partial charge in [-0.3, -0.25) is 4.79 Å².